The highest BCUT2D eigenvalue weighted by Gasteiger charge is 2.35. The average Bonchev–Trinajstić information content (AvgIpc) is 2.61. The van der Waals surface area contributed by atoms with Gasteiger partial charge in [0.1, 0.15) is 13.2 Å². The number of carbonyl (C=O) groups excluding carboxylic acids is 1. The summed E-state index contributed by atoms with van der Waals surface area (Å²) in [6.07, 6.45) is 0.690. The van der Waals surface area contributed by atoms with E-state index < -0.39 is 9.84 Å². The first-order chi connectivity index (χ1) is 12.2. The monoisotopic (exact) mass is 418 g/mol. The number of halogens is 1. The van der Waals surface area contributed by atoms with Crippen LogP contribution in [0.15, 0.2) is 23.1 Å². The third-order valence-electron chi connectivity index (χ3n) is 5.12. The normalized spacial score (nSPS) is 21.3. The van der Waals surface area contributed by atoms with Crippen molar-refractivity contribution in [3.05, 3.63) is 18.2 Å². The molecule has 2 aliphatic heterocycles. The molecular formula is C18H27ClN2O5S. The van der Waals surface area contributed by atoms with E-state index in [1.165, 1.54) is 12.1 Å². The molecule has 0 aromatic heterocycles. The Hall–Kier alpha value is -1.51. The van der Waals surface area contributed by atoms with Crippen LogP contribution < -0.4 is 15.2 Å². The molecule has 1 amide bonds. The maximum Gasteiger partial charge on any atom is 0.223 e. The van der Waals surface area contributed by atoms with Crippen molar-refractivity contribution in [2.75, 3.05) is 32.1 Å². The van der Waals surface area contributed by atoms with Crippen LogP contribution in [0.3, 0.4) is 0 Å². The summed E-state index contributed by atoms with van der Waals surface area (Å²) in [6, 6.07) is 4.61. The van der Waals surface area contributed by atoms with Gasteiger partial charge in [-0.3, -0.25) is 4.79 Å². The van der Waals surface area contributed by atoms with Gasteiger partial charge in [0.05, 0.1) is 10.6 Å². The second-order valence-electron chi connectivity index (χ2n) is 7.57. The summed E-state index contributed by atoms with van der Waals surface area (Å²) in [5, 5.41) is 0. The Morgan fingerprint density at radius 1 is 1.26 bits per heavy atom. The topological polar surface area (TPSA) is 98.9 Å². The van der Waals surface area contributed by atoms with Gasteiger partial charge in [-0.1, -0.05) is 13.8 Å². The zero-order chi connectivity index (χ0) is 18.9. The molecule has 2 heterocycles. The Kier molecular flexibility index (Phi) is 6.65. The van der Waals surface area contributed by atoms with Gasteiger partial charge in [0, 0.05) is 31.6 Å². The van der Waals surface area contributed by atoms with Gasteiger partial charge < -0.3 is 20.1 Å². The third kappa shape index (κ3) is 4.86. The molecular weight excluding hydrogens is 392 g/mol. The van der Waals surface area contributed by atoms with E-state index in [4.69, 9.17) is 15.2 Å². The molecule has 0 saturated carbocycles. The van der Waals surface area contributed by atoms with Crippen molar-refractivity contribution >= 4 is 28.2 Å². The van der Waals surface area contributed by atoms with Crippen LogP contribution in [0.1, 0.15) is 26.7 Å². The fourth-order valence-electron chi connectivity index (χ4n) is 3.30. The van der Waals surface area contributed by atoms with E-state index in [0.29, 0.717) is 37.8 Å². The lowest BCUT2D eigenvalue weighted by molar-refractivity contribution is -0.134. The molecule has 1 aromatic rings. The molecule has 9 heteroatoms. The lowest BCUT2D eigenvalue weighted by Crippen LogP contribution is -2.54. The van der Waals surface area contributed by atoms with E-state index in [1.54, 1.807) is 11.0 Å². The van der Waals surface area contributed by atoms with Crippen LogP contribution in [-0.4, -0.2) is 57.3 Å². The van der Waals surface area contributed by atoms with Gasteiger partial charge in [-0.2, -0.15) is 0 Å². The minimum Gasteiger partial charge on any atom is -0.486 e. The van der Waals surface area contributed by atoms with Gasteiger partial charge in [-0.25, -0.2) is 8.42 Å². The van der Waals surface area contributed by atoms with Crippen LogP contribution in [0.2, 0.25) is 0 Å². The Morgan fingerprint density at radius 3 is 2.59 bits per heavy atom. The lowest BCUT2D eigenvalue weighted by atomic mass is 9.79. The Morgan fingerprint density at radius 2 is 1.93 bits per heavy atom. The molecule has 0 radical (unpaired) electrons. The number of rotatable bonds is 4. The molecule has 1 unspecified atom stereocenters. The van der Waals surface area contributed by atoms with Crippen LogP contribution in [0.5, 0.6) is 11.5 Å². The number of benzene rings is 1. The number of likely N-dealkylation sites (tertiary alicyclic amines) is 1. The lowest BCUT2D eigenvalue weighted by Gasteiger charge is -2.42. The van der Waals surface area contributed by atoms with Crippen LogP contribution in [0.25, 0.3) is 0 Å². The summed E-state index contributed by atoms with van der Waals surface area (Å²) in [7, 11) is -3.57. The number of fused-ring (bicyclic) bond motifs is 1. The summed E-state index contributed by atoms with van der Waals surface area (Å²) in [6.45, 7) is 6.03. The van der Waals surface area contributed by atoms with E-state index in [1.807, 2.05) is 13.8 Å². The van der Waals surface area contributed by atoms with Crippen molar-refractivity contribution < 1.29 is 22.7 Å². The van der Waals surface area contributed by atoms with Crippen molar-refractivity contribution in [2.24, 2.45) is 11.1 Å². The second kappa shape index (κ2) is 8.24. The first-order valence-electron chi connectivity index (χ1n) is 8.85. The minimum absolute atomic E-state index is 0. The minimum atomic E-state index is -3.57. The highest BCUT2D eigenvalue weighted by atomic mass is 35.5. The van der Waals surface area contributed by atoms with E-state index in [9.17, 15) is 13.2 Å². The number of nitrogens with two attached hydrogens (primary N) is 1. The number of sulfone groups is 1. The van der Waals surface area contributed by atoms with Crippen LogP contribution in [0, 0.1) is 5.41 Å². The molecule has 2 N–H and O–H groups in total. The van der Waals surface area contributed by atoms with Crippen molar-refractivity contribution in [1.29, 1.82) is 0 Å². The zero-order valence-electron chi connectivity index (χ0n) is 15.6. The molecule has 1 atom stereocenters. The SMILES string of the molecule is CC1(C)CN(C(=O)CCS(=O)(=O)c2ccc3c(c2)OCCO3)CCC1N.Cl. The molecule has 27 heavy (non-hydrogen) atoms. The van der Waals surface area contributed by atoms with E-state index in [0.717, 1.165) is 6.42 Å². The molecule has 2 aliphatic rings. The molecule has 1 fully saturated rings. The Labute approximate surface area is 166 Å². The predicted molar refractivity (Wildman–Crippen MR) is 104 cm³/mol. The molecule has 7 nitrogen and oxygen atoms in total. The molecule has 0 bridgehead atoms. The summed E-state index contributed by atoms with van der Waals surface area (Å²) in [4.78, 5) is 14.4. The third-order valence-corrected chi connectivity index (χ3v) is 6.84. The maximum absolute atomic E-state index is 12.6. The summed E-state index contributed by atoms with van der Waals surface area (Å²) < 4.78 is 36.0. The van der Waals surface area contributed by atoms with E-state index in [-0.39, 0.29) is 46.8 Å². The number of piperidine rings is 1. The van der Waals surface area contributed by atoms with Gasteiger partial charge >= 0.3 is 0 Å². The van der Waals surface area contributed by atoms with Crippen molar-refractivity contribution in [3.63, 3.8) is 0 Å². The molecule has 0 spiro atoms. The highest BCUT2D eigenvalue weighted by Crippen LogP contribution is 2.33. The maximum atomic E-state index is 12.6. The first-order valence-corrected chi connectivity index (χ1v) is 10.5. The smallest absolute Gasteiger partial charge is 0.223 e. The standard InChI is InChI=1S/C18H26N2O5S.ClH/c1-18(2)12-20(7-5-16(18)19)17(21)6-10-26(22,23)13-3-4-14-15(11-13)25-9-8-24-14;/h3-4,11,16H,5-10,12,19H2,1-2H3;1H. The fraction of sp³-hybridized carbons (Fsp3) is 0.611. The second-order valence-corrected chi connectivity index (χ2v) is 9.68. The highest BCUT2D eigenvalue weighted by molar-refractivity contribution is 7.91. The summed E-state index contributed by atoms with van der Waals surface area (Å²) in [5.41, 5.74) is 5.93. The van der Waals surface area contributed by atoms with E-state index >= 15 is 0 Å². The zero-order valence-corrected chi connectivity index (χ0v) is 17.3. The van der Waals surface area contributed by atoms with Crippen LogP contribution in [-0.2, 0) is 14.6 Å². The van der Waals surface area contributed by atoms with Crippen LogP contribution >= 0.6 is 12.4 Å². The summed E-state index contributed by atoms with van der Waals surface area (Å²) in [5.74, 6) is 0.591. The first kappa shape index (κ1) is 21.8. The van der Waals surface area contributed by atoms with Gasteiger partial charge in [-0.05, 0) is 24.0 Å². The number of ether oxygens (including phenoxy) is 2. The van der Waals surface area contributed by atoms with Gasteiger partial charge in [-0.15, -0.1) is 12.4 Å². The van der Waals surface area contributed by atoms with Crippen molar-refractivity contribution in [3.8, 4) is 11.5 Å². The number of carbonyl (C=O) groups is 1. The number of amides is 1. The molecule has 1 aromatic carbocycles. The molecule has 3 rings (SSSR count). The van der Waals surface area contributed by atoms with E-state index in [2.05, 4.69) is 0 Å². The van der Waals surface area contributed by atoms with Gasteiger partial charge in [0.2, 0.25) is 5.91 Å². The van der Waals surface area contributed by atoms with Gasteiger partial charge in [0.25, 0.3) is 0 Å². The van der Waals surface area contributed by atoms with Crippen LogP contribution in [0.4, 0.5) is 0 Å². The number of nitrogens with zero attached hydrogens (tertiary/aromatic N) is 1. The largest absolute Gasteiger partial charge is 0.486 e. The van der Waals surface area contributed by atoms with Gasteiger partial charge in [0.15, 0.2) is 21.3 Å². The quantitative estimate of drug-likeness (QED) is 0.797. The Bertz CT molecular complexity index is 797. The molecule has 0 aliphatic carbocycles. The number of hydrogen-bond donors (Lipinski definition) is 1. The predicted octanol–water partition coefficient (Wildman–Crippen LogP) is 1.63. The average molecular weight is 419 g/mol. The molecule has 152 valence electrons. The van der Waals surface area contributed by atoms with Crippen molar-refractivity contribution in [2.45, 2.75) is 37.6 Å². The fourth-order valence-corrected chi connectivity index (χ4v) is 4.54. The Balaban J connectivity index is 0.00000261. The molecule has 1 saturated heterocycles. The summed E-state index contributed by atoms with van der Waals surface area (Å²) >= 11 is 0. The van der Waals surface area contributed by atoms with Crippen molar-refractivity contribution in [1.82, 2.24) is 4.90 Å². The number of hydrogen-bond acceptors (Lipinski definition) is 6.